The van der Waals surface area contributed by atoms with Crippen LogP contribution < -0.4 is 0 Å². The first-order valence-corrected chi connectivity index (χ1v) is 7.88. The van der Waals surface area contributed by atoms with Crippen LogP contribution in [-0.2, 0) is 14.3 Å². The minimum atomic E-state index is 0.0651. The summed E-state index contributed by atoms with van der Waals surface area (Å²) in [5, 5.41) is 0. The molecule has 3 aliphatic heterocycles. The van der Waals surface area contributed by atoms with Crippen LogP contribution in [-0.4, -0.2) is 73.9 Å². The molecular weight excluding hydrogens is 256 g/mol. The van der Waals surface area contributed by atoms with Gasteiger partial charge in [0.05, 0.1) is 31.3 Å². The molecule has 3 heterocycles. The lowest BCUT2D eigenvalue weighted by atomic mass is 9.98. The smallest absolute Gasteiger partial charge is 0.228 e. The Morgan fingerprint density at radius 2 is 2.00 bits per heavy atom. The molecule has 0 aromatic rings. The van der Waals surface area contributed by atoms with E-state index in [-0.39, 0.29) is 24.0 Å². The van der Waals surface area contributed by atoms with Crippen LogP contribution in [0.1, 0.15) is 20.3 Å². The SMILES string of the molecule is CC(C)CN1C[C@@H]2C[C@@H](C(=O)N3CCOCC3)[C@H](C1)O2. The molecule has 3 saturated heterocycles. The van der Waals surface area contributed by atoms with Crippen LogP contribution in [0.3, 0.4) is 0 Å². The molecule has 0 aliphatic carbocycles. The van der Waals surface area contributed by atoms with E-state index in [9.17, 15) is 4.79 Å². The van der Waals surface area contributed by atoms with Gasteiger partial charge in [0.1, 0.15) is 0 Å². The number of rotatable bonds is 3. The van der Waals surface area contributed by atoms with E-state index in [2.05, 4.69) is 18.7 Å². The van der Waals surface area contributed by atoms with Crippen molar-refractivity contribution in [2.45, 2.75) is 32.5 Å². The van der Waals surface area contributed by atoms with Gasteiger partial charge in [-0.25, -0.2) is 0 Å². The average Bonchev–Trinajstić information content (AvgIpc) is 2.73. The standard InChI is InChI=1S/C15H26N2O3/c1-11(2)8-16-9-12-7-13(14(10-16)20-12)15(18)17-3-5-19-6-4-17/h11-14H,3-10H2,1-2H3/t12-,13+,14-/m0/s1. The summed E-state index contributed by atoms with van der Waals surface area (Å²) in [6.07, 6.45) is 1.25. The number of ether oxygens (including phenoxy) is 2. The number of nitrogens with zero attached hydrogens (tertiary/aromatic N) is 2. The minimum Gasteiger partial charge on any atom is -0.378 e. The van der Waals surface area contributed by atoms with Crippen LogP contribution in [0.25, 0.3) is 0 Å². The Balaban J connectivity index is 1.60. The van der Waals surface area contributed by atoms with Gasteiger partial charge in [-0.1, -0.05) is 13.8 Å². The molecular formula is C15H26N2O3. The maximum absolute atomic E-state index is 12.6. The highest BCUT2D eigenvalue weighted by molar-refractivity contribution is 5.80. The molecule has 0 N–H and O–H groups in total. The van der Waals surface area contributed by atoms with Gasteiger partial charge in [0, 0.05) is 32.7 Å². The molecule has 5 heteroatoms. The lowest BCUT2D eigenvalue weighted by molar-refractivity contribution is -0.142. The zero-order valence-electron chi connectivity index (χ0n) is 12.6. The van der Waals surface area contributed by atoms with E-state index in [1.54, 1.807) is 0 Å². The second-order valence-electron chi connectivity index (χ2n) is 6.69. The maximum Gasteiger partial charge on any atom is 0.228 e. The quantitative estimate of drug-likeness (QED) is 0.760. The van der Waals surface area contributed by atoms with Crippen molar-refractivity contribution in [3.8, 4) is 0 Å². The normalized spacial score (nSPS) is 34.8. The zero-order valence-corrected chi connectivity index (χ0v) is 12.6. The summed E-state index contributed by atoms with van der Waals surface area (Å²) in [7, 11) is 0. The first kappa shape index (κ1) is 14.3. The number of carbonyl (C=O) groups excluding carboxylic acids is 1. The molecule has 114 valence electrons. The Bertz CT molecular complexity index is 355. The van der Waals surface area contributed by atoms with Crippen molar-refractivity contribution in [1.29, 1.82) is 0 Å². The number of morpholine rings is 2. The van der Waals surface area contributed by atoms with Gasteiger partial charge in [-0.3, -0.25) is 9.69 Å². The summed E-state index contributed by atoms with van der Waals surface area (Å²) in [5.74, 6) is 1.02. The first-order chi connectivity index (χ1) is 9.63. The number of likely N-dealkylation sites (tertiary alicyclic amines) is 1. The highest BCUT2D eigenvalue weighted by Gasteiger charge is 2.45. The van der Waals surface area contributed by atoms with Gasteiger partial charge >= 0.3 is 0 Å². The molecule has 2 bridgehead atoms. The van der Waals surface area contributed by atoms with Crippen LogP contribution in [0.2, 0.25) is 0 Å². The Morgan fingerprint density at radius 1 is 1.25 bits per heavy atom. The molecule has 3 rings (SSSR count). The summed E-state index contributed by atoms with van der Waals surface area (Å²) >= 11 is 0. The second kappa shape index (κ2) is 6.00. The Hall–Kier alpha value is -0.650. The van der Waals surface area contributed by atoms with Crippen LogP contribution in [0.15, 0.2) is 0 Å². The molecule has 0 aromatic carbocycles. The molecule has 3 atom stereocenters. The number of carbonyl (C=O) groups is 1. The third-order valence-electron chi connectivity index (χ3n) is 4.50. The minimum absolute atomic E-state index is 0.0651. The van der Waals surface area contributed by atoms with Crippen molar-refractivity contribution in [2.75, 3.05) is 45.9 Å². The predicted octanol–water partition coefficient (Wildman–Crippen LogP) is 0.591. The third-order valence-corrected chi connectivity index (χ3v) is 4.50. The Kier molecular flexibility index (Phi) is 4.29. The fraction of sp³-hybridized carbons (Fsp3) is 0.933. The Labute approximate surface area is 121 Å². The number of hydrogen-bond acceptors (Lipinski definition) is 4. The van der Waals surface area contributed by atoms with Crippen molar-refractivity contribution in [1.82, 2.24) is 9.80 Å². The molecule has 0 saturated carbocycles. The topological polar surface area (TPSA) is 42.0 Å². The van der Waals surface area contributed by atoms with Gasteiger partial charge in [0.25, 0.3) is 0 Å². The number of fused-ring (bicyclic) bond motifs is 2. The van der Waals surface area contributed by atoms with Crippen LogP contribution in [0.4, 0.5) is 0 Å². The van der Waals surface area contributed by atoms with E-state index in [1.807, 2.05) is 4.90 Å². The van der Waals surface area contributed by atoms with Crippen LogP contribution >= 0.6 is 0 Å². The third kappa shape index (κ3) is 3.00. The molecule has 3 fully saturated rings. The van der Waals surface area contributed by atoms with Crippen molar-refractivity contribution in [3.63, 3.8) is 0 Å². The summed E-state index contributed by atoms with van der Waals surface area (Å²) in [5.41, 5.74) is 0. The number of hydrogen-bond donors (Lipinski definition) is 0. The molecule has 0 radical (unpaired) electrons. The highest BCUT2D eigenvalue weighted by atomic mass is 16.5. The highest BCUT2D eigenvalue weighted by Crippen LogP contribution is 2.33. The van der Waals surface area contributed by atoms with Crippen LogP contribution in [0, 0.1) is 11.8 Å². The van der Waals surface area contributed by atoms with Gasteiger partial charge in [0.15, 0.2) is 0 Å². The monoisotopic (exact) mass is 282 g/mol. The van der Waals surface area contributed by atoms with Gasteiger partial charge in [-0.15, -0.1) is 0 Å². The average molecular weight is 282 g/mol. The van der Waals surface area contributed by atoms with E-state index < -0.39 is 0 Å². The lowest BCUT2D eigenvalue weighted by Gasteiger charge is -2.34. The van der Waals surface area contributed by atoms with E-state index >= 15 is 0 Å². The number of amides is 1. The summed E-state index contributed by atoms with van der Waals surface area (Å²) in [6, 6.07) is 0. The largest absolute Gasteiger partial charge is 0.378 e. The van der Waals surface area contributed by atoms with Crippen molar-refractivity contribution in [2.24, 2.45) is 11.8 Å². The zero-order chi connectivity index (χ0) is 14.1. The van der Waals surface area contributed by atoms with Crippen molar-refractivity contribution >= 4 is 5.91 Å². The summed E-state index contributed by atoms with van der Waals surface area (Å²) in [6.45, 7) is 10.3. The first-order valence-electron chi connectivity index (χ1n) is 7.88. The Morgan fingerprint density at radius 3 is 2.70 bits per heavy atom. The summed E-state index contributed by atoms with van der Waals surface area (Å²) in [4.78, 5) is 17.1. The lowest BCUT2D eigenvalue weighted by Crippen LogP contribution is -2.48. The van der Waals surface area contributed by atoms with Crippen LogP contribution in [0.5, 0.6) is 0 Å². The molecule has 3 aliphatic rings. The fourth-order valence-corrected chi connectivity index (χ4v) is 3.68. The molecule has 0 unspecified atom stereocenters. The van der Waals surface area contributed by atoms with Gasteiger partial charge in [0.2, 0.25) is 5.91 Å². The molecule has 20 heavy (non-hydrogen) atoms. The molecule has 0 spiro atoms. The van der Waals surface area contributed by atoms with Crippen molar-refractivity contribution < 1.29 is 14.3 Å². The molecule has 0 aromatic heterocycles. The van der Waals surface area contributed by atoms with E-state index in [4.69, 9.17) is 9.47 Å². The summed E-state index contributed by atoms with van der Waals surface area (Å²) < 4.78 is 11.3. The molecule has 1 amide bonds. The van der Waals surface area contributed by atoms with E-state index in [0.717, 1.165) is 39.1 Å². The fourth-order valence-electron chi connectivity index (χ4n) is 3.68. The van der Waals surface area contributed by atoms with Crippen molar-refractivity contribution in [3.05, 3.63) is 0 Å². The van der Waals surface area contributed by atoms with E-state index in [0.29, 0.717) is 19.1 Å². The van der Waals surface area contributed by atoms with Gasteiger partial charge in [-0.05, 0) is 12.3 Å². The van der Waals surface area contributed by atoms with E-state index in [1.165, 1.54) is 0 Å². The second-order valence-corrected chi connectivity index (χ2v) is 6.69. The predicted molar refractivity (Wildman–Crippen MR) is 75.4 cm³/mol. The maximum atomic E-state index is 12.6. The van der Waals surface area contributed by atoms with Gasteiger partial charge < -0.3 is 14.4 Å². The van der Waals surface area contributed by atoms with Gasteiger partial charge in [-0.2, -0.15) is 0 Å². The molecule has 5 nitrogen and oxygen atoms in total.